The van der Waals surface area contributed by atoms with Gasteiger partial charge in [-0.15, -0.1) is 0 Å². The summed E-state index contributed by atoms with van der Waals surface area (Å²) in [4.78, 5) is 43.8. The Hall–Kier alpha value is -3.03. The second-order valence-corrected chi connectivity index (χ2v) is 12.8. The molecule has 11 nitrogen and oxygen atoms in total. The zero-order chi connectivity index (χ0) is 29.8. The molecule has 0 saturated heterocycles. The number of hydrogen-bond acceptors (Lipinski definition) is 6. The summed E-state index contributed by atoms with van der Waals surface area (Å²) in [7, 11) is 0.588. The Morgan fingerprint density at radius 3 is 2.42 bits per heavy atom. The number of rotatable bonds is 8. The van der Waals surface area contributed by atoms with Crippen molar-refractivity contribution in [2.45, 2.75) is 19.0 Å². The lowest BCUT2D eigenvalue weighted by molar-refractivity contribution is -0.138. The zero-order valence-corrected chi connectivity index (χ0v) is 25.0. The molecule has 1 aliphatic rings. The third-order valence-corrected chi connectivity index (χ3v) is 7.28. The van der Waals surface area contributed by atoms with Gasteiger partial charge in [-0.3, -0.25) is 19.7 Å². The van der Waals surface area contributed by atoms with Crippen molar-refractivity contribution in [2.24, 2.45) is 4.99 Å². The van der Waals surface area contributed by atoms with Crippen molar-refractivity contribution in [1.82, 2.24) is 25.4 Å². The van der Waals surface area contributed by atoms with Gasteiger partial charge in [0.05, 0.1) is 22.2 Å². The van der Waals surface area contributed by atoms with Gasteiger partial charge < -0.3 is 15.3 Å². The van der Waals surface area contributed by atoms with Gasteiger partial charge in [0.25, 0.3) is 11.8 Å². The van der Waals surface area contributed by atoms with E-state index in [2.05, 4.69) is 26.3 Å². The molecule has 3 rings (SSSR count). The molecular weight excluding hydrogens is 603 g/mol. The van der Waals surface area contributed by atoms with Crippen LogP contribution in [0.25, 0.3) is 0 Å². The zero-order valence-electron chi connectivity index (χ0n) is 22.0. The fourth-order valence-corrected chi connectivity index (χ4v) is 5.32. The molecule has 0 aliphatic carbocycles. The van der Waals surface area contributed by atoms with Crippen LogP contribution >= 0.6 is 34.8 Å². The van der Waals surface area contributed by atoms with E-state index in [4.69, 9.17) is 34.8 Å². The van der Waals surface area contributed by atoms with Crippen LogP contribution in [-0.4, -0.2) is 88.3 Å². The Kier molecular flexibility index (Phi) is 10.3. The maximum Gasteiger partial charge on any atom is 0.328 e. The van der Waals surface area contributed by atoms with Crippen molar-refractivity contribution in [3.63, 3.8) is 0 Å². The minimum absolute atomic E-state index is 0.00842. The molecule has 0 aromatic heterocycles. The molecule has 0 bridgehead atoms. The molecule has 0 fully saturated rings. The van der Waals surface area contributed by atoms with E-state index in [-0.39, 0.29) is 34.0 Å². The summed E-state index contributed by atoms with van der Waals surface area (Å²) in [5.41, 5.74) is 4.50. The summed E-state index contributed by atoms with van der Waals surface area (Å²) in [5.74, 6) is 1.17. The Labute approximate surface area is 247 Å². The van der Waals surface area contributed by atoms with Crippen molar-refractivity contribution >= 4 is 74.1 Å². The van der Waals surface area contributed by atoms with Gasteiger partial charge in [-0.2, -0.15) is 0 Å². The maximum absolute atomic E-state index is 13.2. The summed E-state index contributed by atoms with van der Waals surface area (Å²) in [6.45, 7) is 0.179. The van der Waals surface area contributed by atoms with E-state index in [0.717, 1.165) is 0 Å². The number of hydrazine groups is 1. The number of benzene rings is 2. The smallest absolute Gasteiger partial charge is 0.328 e. The van der Waals surface area contributed by atoms with Gasteiger partial charge in [0.1, 0.15) is 6.04 Å². The third kappa shape index (κ3) is 8.24. The van der Waals surface area contributed by atoms with Gasteiger partial charge in [-0.25, -0.2) is 19.0 Å². The molecule has 1 heterocycles. The molecule has 2 atom stereocenters. The average molecular weight is 632 g/mol. The largest absolute Gasteiger partial charge is 0.480 e. The van der Waals surface area contributed by atoms with Crippen LogP contribution < -0.4 is 15.5 Å². The van der Waals surface area contributed by atoms with Crippen LogP contribution in [0.4, 0.5) is 0 Å². The predicted molar refractivity (Wildman–Crippen MR) is 159 cm³/mol. The summed E-state index contributed by atoms with van der Waals surface area (Å²) in [6, 6.07) is 6.67. The molecule has 216 valence electrons. The third-order valence-electron chi connectivity index (χ3n) is 5.69. The van der Waals surface area contributed by atoms with Crippen LogP contribution in [-0.2, 0) is 27.5 Å². The number of hydrogen-bond donors (Lipinski definition) is 4. The highest BCUT2D eigenvalue weighted by Crippen LogP contribution is 2.35. The number of halogens is 3. The van der Waals surface area contributed by atoms with Crippen LogP contribution in [0.15, 0.2) is 35.3 Å². The van der Waals surface area contributed by atoms with Crippen molar-refractivity contribution in [3.8, 4) is 0 Å². The Balaban J connectivity index is 1.80. The predicted octanol–water partition coefficient (Wildman–Crippen LogP) is 2.30. The Morgan fingerprint density at radius 1 is 1.20 bits per heavy atom. The minimum Gasteiger partial charge on any atom is -0.480 e. The number of nitrogens with zero attached hydrogens (tertiary/aromatic N) is 3. The average Bonchev–Trinajstić information content (AvgIpc) is 2.84. The highest BCUT2D eigenvalue weighted by atomic mass is 35.5. The first-order valence-electron chi connectivity index (χ1n) is 11.8. The maximum atomic E-state index is 13.2. The van der Waals surface area contributed by atoms with Crippen LogP contribution in [0.3, 0.4) is 0 Å². The van der Waals surface area contributed by atoms with Crippen molar-refractivity contribution < 1.29 is 23.7 Å². The van der Waals surface area contributed by atoms with Crippen LogP contribution in [0.2, 0.25) is 15.1 Å². The number of carboxylic acid groups (broad SMARTS) is 1. The van der Waals surface area contributed by atoms with Gasteiger partial charge in [0.2, 0.25) is 5.96 Å². The van der Waals surface area contributed by atoms with Crippen LogP contribution in [0, 0.1) is 0 Å². The van der Waals surface area contributed by atoms with E-state index >= 15 is 0 Å². The molecule has 1 aliphatic heterocycles. The van der Waals surface area contributed by atoms with Gasteiger partial charge in [0.15, 0.2) is 0 Å². The van der Waals surface area contributed by atoms with Crippen molar-refractivity contribution in [1.29, 1.82) is 0 Å². The van der Waals surface area contributed by atoms with Gasteiger partial charge in [0, 0.05) is 53.7 Å². The summed E-state index contributed by atoms with van der Waals surface area (Å²) >= 11 is 19.0. The molecule has 0 spiro atoms. The van der Waals surface area contributed by atoms with Gasteiger partial charge >= 0.3 is 5.97 Å². The second-order valence-electron chi connectivity index (χ2n) is 9.34. The SMILES string of the molecule is C=S(C)(=O)NC(=NC[C@H](NC(=O)c1c(Cl)cc2c(c1Cl)CCN(C(=O)c1ccc(Cl)cc1)C2)C(=O)O)NN(C)C. The van der Waals surface area contributed by atoms with Gasteiger partial charge in [-0.1, -0.05) is 34.8 Å². The number of fused-ring (bicyclic) bond motifs is 1. The number of carbonyl (C=O) groups is 3. The lowest BCUT2D eigenvalue weighted by Gasteiger charge is -2.30. The van der Waals surface area contributed by atoms with E-state index in [1.165, 1.54) is 11.3 Å². The van der Waals surface area contributed by atoms with Crippen LogP contribution in [0.1, 0.15) is 31.8 Å². The Bertz CT molecular complexity index is 1450. The number of carboxylic acids is 1. The number of nitrogens with one attached hydrogen (secondary N) is 3. The molecule has 1 unspecified atom stereocenters. The van der Waals surface area contributed by atoms with E-state index < -0.39 is 34.2 Å². The summed E-state index contributed by atoms with van der Waals surface area (Å²) in [6.07, 6.45) is 1.72. The first-order chi connectivity index (χ1) is 18.7. The number of aliphatic carboxylic acids is 1. The summed E-state index contributed by atoms with van der Waals surface area (Å²) < 4.78 is 14.6. The number of carbonyl (C=O) groups excluding carboxylic acids is 2. The first kappa shape index (κ1) is 31.5. The quantitative estimate of drug-likeness (QED) is 0.152. The standard InChI is InChI=1S/C25H29Cl3N6O5S/c1-33(2)31-25(32-40(3,4)39)29-12-19(24(37)38)30-22(35)20-18(27)11-15-13-34(10-9-17(15)21(20)28)23(36)14-5-7-16(26)8-6-14/h5-8,11,19H,3,9-10,12-13H2,1-2,4H3,(H,30,35)(H,37,38)(H2,29,31,32,39)/t19-,40?/m0/s1. The van der Waals surface area contributed by atoms with E-state index in [1.807, 2.05) is 0 Å². The van der Waals surface area contributed by atoms with E-state index in [0.29, 0.717) is 34.7 Å². The highest BCUT2D eigenvalue weighted by Gasteiger charge is 2.29. The topological polar surface area (TPSA) is 143 Å². The van der Waals surface area contributed by atoms with Crippen molar-refractivity contribution in [2.75, 3.05) is 33.4 Å². The minimum atomic E-state index is -2.72. The van der Waals surface area contributed by atoms with E-state index in [1.54, 1.807) is 49.3 Å². The molecule has 40 heavy (non-hydrogen) atoms. The number of guanidine groups is 1. The lowest BCUT2D eigenvalue weighted by atomic mass is 9.96. The highest BCUT2D eigenvalue weighted by molar-refractivity contribution is 7.98. The number of amides is 2. The fourth-order valence-electron chi connectivity index (χ4n) is 3.91. The van der Waals surface area contributed by atoms with Crippen molar-refractivity contribution in [3.05, 3.63) is 67.7 Å². The normalized spacial score (nSPS) is 15.6. The lowest BCUT2D eigenvalue weighted by Crippen LogP contribution is -2.48. The first-order valence-corrected chi connectivity index (χ1v) is 15.1. The molecule has 0 radical (unpaired) electrons. The number of aliphatic imine (C=N–C) groups is 1. The fraction of sp³-hybridized carbons (Fsp3) is 0.320. The summed E-state index contributed by atoms with van der Waals surface area (Å²) in [5, 5.41) is 14.2. The molecule has 4 N–H and O–H groups in total. The molecule has 15 heteroatoms. The van der Waals surface area contributed by atoms with Gasteiger partial charge in [-0.05, 0) is 53.7 Å². The Morgan fingerprint density at radius 2 is 1.85 bits per heavy atom. The second kappa shape index (κ2) is 13.1. The monoisotopic (exact) mass is 630 g/mol. The molecule has 2 aromatic rings. The molecular formula is C25H29Cl3N6O5S. The van der Waals surface area contributed by atoms with E-state index in [9.17, 15) is 23.7 Å². The van der Waals surface area contributed by atoms with Crippen LogP contribution in [0.5, 0.6) is 0 Å². The molecule has 2 aromatic carbocycles. The molecule has 2 amide bonds. The molecule has 0 saturated carbocycles.